The van der Waals surface area contributed by atoms with Crippen molar-refractivity contribution in [2.75, 3.05) is 7.11 Å². The first-order chi connectivity index (χ1) is 14.6. The highest BCUT2D eigenvalue weighted by atomic mass is 16.6. The highest BCUT2D eigenvalue weighted by molar-refractivity contribution is 6.23. The Morgan fingerprint density at radius 1 is 0.900 bits per heavy atom. The van der Waals surface area contributed by atoms with E-state index in [1.54, 1.807) is 7.11 Å². The number of ketones is 1. The lowest BCUT2D eigenvalue weighted by Crippen LogP contribution is -2.54. The van der Waals surface area contributed by atoms with E-state index in [0.717, 1.165) is 27.5 Å². The second-order valence-electron chi connectivity index (χ2n) is 8.51. The lowest BCUT2D eigenvalue weighted by atomic mass is 9.97. The molecule has 2 aromatic heterocycles. The molecule has 30 heavy (non-hydrogen) atoms. The summed E-state index contributed by atoms with van der Waals surface area (Å²) in [6.45, 7) is 1.99. The van der Waals surface area contributed by atoms with E-state index in [1.165, 1.54) is 16.2 Å². The van der Waals surface area contributed by atoms with Crippen LogP contribution in [0.5, 0.6) is 0 Å². The van der Waals surface area contributed by atoms with Gasteiger partial charge < -0.3 is 18.6 Å². The highest BCUT2D eigenvalue weighted by Gasteiger charge is 2.52. The van der Waals surface area contributed by atoms with Crippen LogP contribution in [0.1, 0.15) is 19.6 Å². The quantitative estimate of drug-likeness (QED) is 0.396. The molecule has 7 rings (SSSR count). The Kier molecular flexibility index (Phi) is 2.94. The fourth-order valence-corrected chi connectivity index (χ4v) is 5.91. The van der Waals surface area contributed by atoms with Crippen molar-refractivity contribution in [2.24, 2.45) is 0 Å². The molecule has 1 saturated heterocycles. The standard InChI is InChI=1S/C25H20N2O3/c1-25-24(29-2)20(28)13-21(30-25)26-18-9-5-3-7-14(18)16-11-12-17-15-8-4-6-10-19(15)27(25)23(17)22(16)26/h3-12,21,24H,13H2,1-2H3/t21-,24-,25+/m1/s1. The number of rotatable bonds is 1. The maximum Gasteiger partial charge on any atom is 0.178 e. The summed E-state index contributed by atoms with van der Waals surface area (Å²) in [5, 5.41) is 4.69. The summed E-state index contributed by atoms with van der Waals surface area (Å²) in [6.07, 6.45) is -0.749. The zero-order valence-corrected chi connectivity index (χ0v) is 16.8. The number of hydrogen-bond donors (Lipinski definition) is 0. The summed E-state index contributed by atoms with van der Waals surface area (Å²) in [5.74, 6) is 0.0703. The maximum atomic E-state index is 13.3. The number of methoxy groups -OCH3 is 1. The molecule has 148 valence electrons. The van der Waals surface area contributed by atoms with Crippen molar-refractivity contribution < 1.29 is 14.3 Å². The van der Waals surface area contributed by atoms with Crippen LogP contribution in [0.2, 0.25) is 0 Å². The van der Waals surface area contributed by atoms with E-state index in [0.29, 0.717) is 6.42 Å². The van der Waals surface area contributed by atoms with Crippen molar-refractivity contribution in [2.45, 2.75) is 31.4 Å². The van der Waals surface area contributed by atoms with Crippen LogP contribution in [0.3, 0.4) is 0 Å². The van der Waals surface area contributed by atoms with E-state index in [9.17, 15) is 4.79 Å². The third-order valence-electron chi connectivity index (χ3n) is 7.00. The molecule has 2 aliphatic heterocycles. The number of nitrogens with zero attached hydrogens (tertiary/aromatic N) is 2. The van der Waals surface area contributed by atoms with Crippen LogP contribution in [0.25, 0.3) is 43.6 Å². The minimum atomic E-state index is -0.940. The van der Waals surface area contributed by atoms with E-state index >= 15 is 0 Å². The van der Waals surface area contributed by atoms with Gasteiger partial charge in [0.2, 0.25) is 0 Å². The monoisotopic (exact) mass is 396 g/mol. The summed E-state index contributed by atoms with van der Waals surface area (Å²) in [4.78, 5) is 13.3. The fraction of sp³-hybridized carbons (Fsp3) is 0.240. The number of ether oxygens (including phenoxy) is 2. The van der Waals surface area contributed by atoms with Crippen LogP contribution in [0.15, 0.2) is 60.7 Å². The molecule has 1 fully saturated rings. The second-order valence-corrected chi connectivity index (χ2v) is 8.51. The minimum Gasteiger partial charge on any atom is -0.369 e. The first-order valence-corrected chi connectivity index (χ1v) is 10.3. The number of fused-ring (bicyclic) bond motifs is 10. The van der Waals surface area contributed by atoms with Gasteiger partial charge in [-0.1, -0.05) is 48.5 Å². The van der Waals surface area contributed by atoms with Crippen LogP contribution < -0.4 is 0 Å². The zero-order chi connectivity index (χ0) is 20.2. The van der Waals surface area contributed by atoms with E-state index < -0.39 is 11.8 Å². The molecule has 3 atom stereocenters. The number of benzene rings is 3. The SMILES string of the molecule is CO[C@@H]1C(=O)C[C@H]2O[C@]1(C)n1c3ccccc3c3ccc4c5ccccc5n2c4c31. The molecule has 5 heteroatoms. The summed E-state index contributed by atoms with van der Waals surface area (Å²) >= 11 is 0. The van der Waals surface area contributed by atoms with Crippen LogP contribution >= 0.6 is 0 Å². The lowest BCUT2D eigenvalue weighted by molar-refractivity contribution is -0.235. The zero-order valence-electron chi connectivity index (χ0n) is 16.8. The van der Waals surface area contributed by atoms with Crippen molar-refractivity contribution >= 4 is 49.4 Å². The van der Waals surface area contributed by atoms with Crippen molar-refractivity contribution in [1.82, 2.24) is 9.13 Å². The van der Waals surface area contributed by atoms with Crippen molar-refractivity contribution in [3.63, 3.8) is 0 Å². The van der Waals surface area contributed by atoms with E-state index in [4.69, 9.17) is 9.47 Å². The highest BCUT2D eigenvalue weighted by Crippen LogP contribution is 2.50. The molecule has 3 aromatic carbocycles. The summed E-state index contributed by atoms with van der Waals surface area (Å²) in [7, 11) is 1.60. The fourth-order valence-electron chi connectivity index (χ4n) is 5.91. The van der Waals surface area contributed by atoms with Gasteiger partial charge in [0.05, 0.1) is 28.5 Å². The number of hydrogen-bond acceptors (Lipinski definition) is 3. The van der Waals surface area contributed by atoms with E-state index in [1.807, 2.05) is 19.1 Å². The van der Waals surface area contributed by atoms with Gasteiger partial charge in [0.25, 0.3) is 0 Å². The van der Waals surface area contributed by atoms with Crippen molar-refractivity contribution in [1.29, 1.82) is 0 Å². The molecule has 0 unspecified atom stereocenters. The number of Topliss-reactive ketones (excluding diaryl/α,β-unsaturated/α-hetero) is 1. The Morgan fingerprint density at radius 2 is 1.53 bits per heavy atom. The molecular formula is C25H20N2O3. The number of para-hydroxylation sites is 2. The summed E-state index contributed by atoms with van der Waals surface area (Å²) in [5.41, 5.74) is 3.44. The molecular weight excluding hydrogens is 376 g/mol. The molecule has 4 heterocycles. The molecule has 0 radical (unpaired) electrons. The largest absolute Gasteiger partial charge is 0.369 e. The Balaban J connectivity index is 1.82. The summed E-state index contributed by atoms with van der Waals surface area (Å²) in [6, 6.07) is 21.1. The molecule has 0 aliphatic carbocycles. The first-order valence-electron chi connectivity index (χ1n) is 10.3. The average Bonchev–Trinajstić information content (AvgIpc) is 3.24. The Hall–Kier alpha value is -3.15. The van der Waals surface area contributed by atoms with Crippen LogP contribution in [0.4, 0.5) is 0 Å². The van der Waals surface area contributed by atoms with Crippen molar-refractivity contribution in [3.8, 4) is 0 Å². The van der Waals surface area contributed by atoms with Gasteiger partial charge in [0, 0.05) is 28.7 Å². The molecule has 5 aromatic rings. The van der Waals surface area contributed by atoms with Gasteiger partial charge in [-0.05, 0) is 19.1 Å². The third kappa shape index (κ3) is 1.71. The van der Waals surface area contributed by atoms with E-state index in [-0.39, 0.29) is 12.0 Å². The van der Waals surface area contributed by atoms with Gasteiger partial charge in [-0.15, -0.1) is 0 Å². The van der Waals surface area contributed by atoms with Crippen molar-refractivity contribution in [3.05, 3.63) is 60.7 Å². The second kappa shape index (κ2) is 5.31. The molecule has 2 aliphatic rings. The molecule has 0 N–H and O–H groups in total. The molecule has 2 bridgehead atoms. The first kappa shape index (κ1) is 16.6. The smallest absolute Gasteiger partial charge is 0.178 e. The Labute approximate surface area is 172 Å². The normalized spacial score (nSPS) is 25.7. The number of aromatic nitrogens is 2. The van der Waals surface area contributed by atoms with Crippen LogP contribution in [-0.4, -0.2) is 28.1 Å². The van der Waals surface area contributed by atoms with Crippen LogP contribution in [0, 0.1) is 0 Å². The van der Waals surface area contributed by atoms with Gasteiger partial charge in [-0.3, -0.25) is 4.79 Å². The topological polar surface area (TPSA) is 45.4 Å². The Morgan fingerprint density at radius 3 is 2.27 bits per heavy atom. The van der Waals surface area contributed by atoms with E-state index in [2.05, 4.69) is 57.7 Å². The number of carbonyl (C=O) groups excluding carboxylic acids is 1. The predicted octanol–water partition coefficient (Wildman–Crippen LogP) is 5.09. The lowest BCUT2D eigenvalue weighted by Gasteiger charge is -2.43. The summed E-state index contributed by atoms with van der Waals surface area (Å²) < 4.78 is 17.0. The molecule has 5 nitrogen and oxygen atoms in total. The third-order valence-corrected chi connectivity index (χ3v) is 7.00. The number of carbonyl (C=O) groups is 1. The minimum absolute atomic E-state index is 0.0703. The maximum absolute atomic E-state index is 13.3. The van der Waals surface area contributed by atoms with Gasteiger partial charge in [0.1, 0.15) is 6.23 Å². The molecule has 0 saturated carbocycles. The Bertz CT molecular complexity index is 1540. The van der Waals surface area contributed by atoms with Gasteiger partial charge in [-0.2, -0.15) is 0 Å². The van der Waals surface area contributed by atoms with Crippen LogP contribution in [-0.2, 0) is 20.0 Å². The molecule has 0 spiro atoms. The van der Waals surface area contributed by atoms with Gasteiger partial charge in [0.15, 0.2) is 17.6 Å². The predicted molar refractivity (Wildman–Crippen MR) is 117 cm³/mol. The average molecular weight is 396 g/mol. The van der Waals surface area contributed by atoms with Gasteiger partial charge in [-0.25, -0.2) is 0 Å². The van der Waals surface area contributed by atoms with Gasteiger partial charge >= 0.3 is 0 Å². The molecule has 0 amide bonds.